The van der Waals surface area contributed by atoms with Crippen LogP contribution in [0.5, 0.6) is 11.5 Å². The molecule has 8 heteroatoms. The molecule has 3 aromatic carbocycles. The Kier molecular flexibility index (Phi) is 6.21. The summed E-state index contributed by atoms with van der Waals surface area (Å²) in [5.41, 5.74) is 2.50. The van der Waals surface area contributed by atoms with Crippen molar-refractivity contribution in [2.24, 2.45) is 0 Å². The summed E-state index contributed by atoms with van der Waals surface area (Å²) in [4.78, 5) is 12.2. The van der Waals surface area contributed by atoms with Gasteiger partial charge in [0.1, 0.15) is 16.4 Å². The Hall–Kier alpha value is -3.52. The molecule has 0 saturated heterocycles. The molecule has 3 N–H and O–H groups in total. The number of carbonyl (C=O) groups excluding carboxylic acids is 1. The van der Waals surface area contributed by atoms with Crippen molar-refractivity contribution in [3.05, 3.63) is 71.3 Å². The molecule has 7 nitrogen and oxygen atoms in total. The Labute approximate surface area is 181 Å². The van der Waals surface area contributed by atoms with E-state index in [1.807, 2.05) is 19.1 Å². The molecule has 0 aliphatic carbocycles. The molecular formula is C23H24N2O5S. The van der Waals surface area contributed by atoms with E-state index in [1.165, 1.54) is 44.4 Å². The molecule has 31 heavy (non-hydrogen) atoms. The van der Waals surface area contributed by atoms with Crippen LogP contribution in [0.3, 0.4) is 0 Å². The number of anilines is 2. The smallest absolute Gasteiger partial charge is 0.323 e. The third-order valence-electron chi connectivity index (χ3n) is 4.89. The SMILES string of the molecule is COc1ccc(S(=O)(=O)c2c(C)c(NC(=O)Nc3ccc(C)cc3)cc(C)c2O)cc1. The molecule has 3 rings (SSSR count). The van der Waals surface area contributed by atoms with E-state index in [1.54, 1.807) is 19.1 Å². The fourth-order valence-corrected chi connectivity index (χ4v) is 4.78. The second-order valence-corrected chi connectivity index (χ2v) is 9.05. The number of urea groups is 1. The van der Waals surface area contributed by atoms with Crippen LogP contribution in [0.1, 0.15) is 16.7 Å². The van der Waals surface area contributed by atoms with Gasteiger partial charge in [0.25, 0.3) is 0 Å². The first-order chi connectivity index (χ1) is 14.6. The Balaban J connectivity index is 1.97. The molecule has 0 aliphatic heterocycles. The zero-order valence-corrected chi connectivity index (χ0v) is 18.5. The van der Waals surface area contributed by atoms with Crippen LogP contribution in [0.15, 0.2) is 64.4 Å². The number of amides is 2. The first-order valence-electron chi connectivity index (χ1n) is 9.50. The van der Waals surface area contributed by atoms with E-state index in [0.717, 1.165) is 5.56 Å². The van der Waals surface area contributed by atoms with Gasteiger partial charge in [-0.1, -0.05) is 17.7 Å². The van der Waals surface area contributed by atoms with E-state index in [-0.39, 0.29) is 26.8 Å². The van der Waals surface area contributed by atoms with Crippen molar-refractivity contribution in [3.8, 4) is 11.5 Å². The van der Waals surface area contributed by atoms with E-state index < -0.39 is 15.9 Å². The highest BCUT2D eigenvalue weighted by atomic mass is 32.2. The number of rotatable bonds is 5. The maximum absolute atomic E-state index is 13.3. The van der Waals surface area contributed by atoms with E-state index >= 15 is 0 Å². The normalized spacial score (nSPS) is 11.1. The molecule has 0 heterocycles. The van der Waals surface area contributed by atoms with Gasteiger partial charge in [-0.2, -0.15) is 0 Å². The van der Waals surface area contributed by atoms with Crippen LogP contribution in [-0.4, -0.2) is 26.7 Å². The van der Waals surface area contributed by atoms with Crippen molar-refractivity contribution in [1.29, 1.82) is 0 Å². The molecule has 0 aliphatic rings. The Morgan fingerprint density at radius 1 is 0.935 bits per heavy atom. The van der Waals surface area contributed by atoms with E-state index in [0.29, 0.717) is 17.0 Å². The van der Waals surface area contributed by atoms with Crippen molar-refractivity contribution in [2.75, 3.05) is 17.7 Å². The highest BCUT2D eigenvalue weighted by Gasteiger charge is 2.27. The van der Waals surface area contributed by atoms with E-state index in [9.17, 15) is 18.3 Å². The van der Waals surface area contributed by atoms with Gasteiger partial charge in [0.05, 0.1) is 12.0 Å². The Bertz CT molecular complexity index is 1220. The summed E-state index contributed by atoms with van der Waals surface area (Å²) < 4.78 is 31.6. The molecular weight excluding hydrogens is 416 g/mol. The average molecular weight is 441 g/mol. The molecule has 3 aromatic rings. The highest BCUT2D eigenvalue weighted by molar-refractivity contribution is 7.91. The van der Waals surface area contributed by atoms with Crippen molar-refractivity contribution < 1.29 is 23.1 Å². The number of benzene rings is 3. The molecule has 0 spiro atoms. The van der Waals surface area contributed by atoms with E-state index in [2.05, 4.69) is 10.6 Å². The lowest BCUT2D eigenvalue weighted by Gasteiger charge is -2.17. The maximum Gasteiger partial charge on any atom is 0.323 e. The molecule has 0 saturated carbocycles. The topological polar surface area (TPSA) is 105 Å². The summed E-state index contributed by atoms with van der Waals surface area (Å²) >= 11 is 0. The first kappa shape index (κ1) is 22.2. The summed E-state index contributed by atoms with van der Waals surface area (Å²) in [5.74, 6) is 0.164. The number of carbonyl (C=O) groups is 1. The minimum absolute atomic E-state index is 0.00681. The molecule has 2 amide bonds. The molecule has 0 bridgehead atoms. The number of hydrogen-bond donors (Lipinski definition) is 3. The van der Waals surface area contributed by atoms with Gasteiger partial charge in [-0.3, -0.25) is 0 Å². The summed E-state index contributed by atoms with van der Waals surface area (Å²) in [7, 11) is -2.56. The van der Waals surface area contributed by atoms with Crippen molar-refractivity contribution >= 4 is 27.2 Å². The van der Waals surface area contributed by atoms with Crippen molar-refractivity contribution in [1.82, 2.24) is 0 Å². The maximum atomic E-state index is 13.3. The number of sulfone groups is 1. The lowest BCUT2D eigenvalue weighted by Crippen LogP contribution is -2.20. The molecule has 0 aromatic heterocycles. The third kappa shape index (κ3) is 4.64. The number of nitrogens with one attached hydrogen (secondary N) is 2. The standard InChI is InChI=1S/C23H24N2O5S/c1-14-5-7-17(8-6-14)24-23(27)25-20-13-15(2)21(26)22(16(20)3)31(28,29)19-11-9-18(30-4)10-12-19/h5-13,26H,1-4H3,(H2,24,25,27). The minimum Gasteiger partial charge on any atom is -0.506 e. The van der Waals surface area contributed by atoms with Gasteiger partial charge in [-0.15, -0.1) is 0 Å². The van der Waals surface area contributed by atoms with Gasteiger partial charge in [0.2, 0.25) is 9.84 Å². The predicted octanol–water partition coefficient (Wildman–Crippen LogP) is 4.80. The second-order valence-electron chi connectivity index (χ2n) is 7.17. The third-order valence-corrected chi connectivity index (χ3v) is 6.82. The number of aryl methyl sites for hydroxylation is 2. The molecule has 162 valence electrons. The van der Waals surface area contributed by atoms with Crippen LogP contribution >= 0.6 is 0 Å². The van der Waals surface area contributed by atoms with Crippen LogP contribution in [0, 0.1) is 20.8 Å². The molecule has 0 radical (unpaired) electrons. The molecule has 0 fully saturated rings. The number of ether oxygens (including phenoxy) is 1. The number of hydrogen-bond acceptors (Lipinski definition) is 5. The van der Waals surface area contributed by atoms with Gasteiger partial charge in [-0.25, -0.2) is 13.2 Å². The van der Waals surface area contributed by atoms with Crippen molar-refractivity contribution in [2.45, 2.75) is 30.6 Å². The fourth-order valence-electron chi connectivity index (χ4n) is 3.13. The summed E-state index contributed by atoms with van der Waals surface area (Å²) in [6.07, 6.45) is 0. The lowest BCUT2D eigenvalue weighted by molar-refractivity contribution is 0.262. The largest absolute Gasteiger partial charge is 0.506 e. The van der Waals surface area contributed by atoms with Gasteiger partial charge in [0.15, 0.2) is 0 Å². The van der Waals surface area contributed by atoms with Crippen LogP contribution in [0.2, 0.25) is 0 Å². The van der Waals surface area contributed by atoms with Gasteiger partial charge in [-0.05, 0) is 74.4 Å². The fraction of sp³-hybridized carbons (Fsp3) is 0.174. The monoisotopic (exact) mass is 440 g/mol. The second kappa shape index (κ2) is 8.69. The van der Waals surface area contributed by atoms with Crippen LogP contribution < -0.4 is 15.4 Å². The Morgan fingerprint density at radius 2 is 1.55 bits per heavy atom. The van der Waals surface area contributed by atoms with Crippen LogP contribution in [-0.2, 0) is 9.84 Å². The number of phenolic OH excluding ortho intramolecular Hbond substituents is 1. The number of aromatic hydroxyl groups is 1. The average Bonchev–Trinajstić information content (AvgIpc) is 2.73. The number of methoxy groups -OCH3 is 1. The van der Waals surface area contributed by atoms with Gasteiger partial charge in [0, 0.05) is 11.4 Å². The molecule has 0 atom stereocenters. The first-order valence-corrected chi connectivity index (χ1v) is 11.0. The number of phenols is 1. The Morgan fingerprint density at radius 3 is 2.13 bits per heavy atom. The molecule has 0 unspecified atom stereocenters. The van der Waals surface area contributed by atoms with Crippen LogP contribution in [0.4, 0.5) is 16.2 Å². The van der Waals surface area contributed by atoms with Gasteiger partial charge < -0.3 is 20.5 Å². The van der Waals surface area contributed by atoms with Crippen LogP contribution in [0.25, 0.3) is 0 Å². The zero-order chi connectivity index (χ0) is 22.8. The minimum atomic E-state index is -4.05. The summed E-state index contributed by atoms with van der Waals surface area (Å²) in [5, 5.41) is 15.9. The lowest BCUT2D eigenvalue weighted by atomic mass is 10.1. The summed E-state index contributed by atoms with van der Waals surface area (Å²) in [6.45, 7) is 5.05. The van der Waals surface area contributed by atoms with Gasteiger partial charge >= 0.3 is 6.03 Å². The van der Waals surface area contributed by atoms with E-state index in [4.69, 9.17) is 4.74 Å². The zero-order valence-electron chi connectivity index (χ0n) is 17.7. The van der Waals surface area contributed by atoms with Crippen molar-refractivity contribution in [3.63, 3.8) is 0 Å². The predicted molar refractivity (Wildman–Crippen MR) is 120 cm³/mol. The summed E-state index contributed by atoms with van der Waals surface area (Å²) in [6, 6.07) is 14.2. The highest BCUT2D eigenvalue weighted by Crippen LogP contribution is 2.38. The quantitative estimate of drug-likeness (QED) is 0.494.